The van der Waals surface area contributed by atoms with Crippen LogP contribution >= 0.6 is 15.9 Å². The molecule has 0 aliphatic rings. The van der Waals surface area contributed by atoms with Crippen molar-refractivity contribution in [2.75, 3.05) is 12.8 Å². The lowest BCUT2D eigenvalue weighted by Gasteiger charge is -2.28. The first-order chi connectivity index (χ1) is 15.7. The average molecular weight is 560 g/mol. The number of nitrogens with zero attached hydrogens (tertiary/aromatic N) is 1. The van der Waals surface area contributed by atoms with Gasteiger partial charge in [-0.2, -0.15) is 18.4 Å². The summed E-state index contributed by atoms with van der Waals surface area (Å²) in [7, 11) is -3.51. The van der Waals surface area contributed by atoms with Crippen molar-refractivity contribution in [2.45, 2.75) is 43.4 Å². The molecule has 0 saturated carbocycles. The predicted molar refractivity (Wildman–Crippen MR) is 126 cm³/mol. The summed E-state index contributed by atoms with van der Waals surface area (Å²) >= 11 is 3.20. The molecule has 2 atom stereocenters. The SMILES string of the molecule is CC(C)C[C@H](N[C@@H](c1ccc(-c2ccc(Br)c(S(C)(=O)=O)c2)cc1)C(F)(F)F)C(=O)NCC#N. The maximum absolute atomic E-state index is 14.0. The molecule has 184 valence electrons. The van der Waals surface area contributed by atoms with Crippen LogP contribution in [0.5, 0.6) is 0 Å². The van der Waals surface area contributed by atoms with Crippen molar-refractivity contribution in [1.82, 2.24) is 10.6 Å². The Labute approximate surface area is 205 Å². The van der Waals surface area contributed by atoms with Crippen LogP contribution in [0, 0.1) is 17.2 Å². The first kappa shape index (κ1) is 27.8. The maximum Gasteiger partial charge on any atom is 0.407 e. The fourth-order valence-electron chi connectivity index (χ4n) is 3.39. The second-order valence-electron chi connectivity index (χ2n) is 8.24. The molecule has 11 heteroatoms. The molecule has 6 nitrogen and oxygen atoms in total. The third kappa shape index (κ3) is 7.55. The van der Waals surface area contributed by atoms with Gasteiger partial charge < -0.3 is 5.32 Å². The third-order valence-electron chi connectivity index (χ3n) is 4.97. The van der Waals surface area contributed by atoms with Crippen LogP contribution in [-0.4, -0.2) is 39.3 Å². The first-order valence-electron chi connectivity index (χ1n) is 10.3. The summed E-state index contributed by atoms with van der Waals surface area (Å²) in [6, 6.07) is 8.68. The van der Waals surface area contributed by atoms with Gasteiger partial charge in [0.05, 0.1) is 17.0 Å². The molecule has 0 aliphatic carbocycles. The van der Waals surface area contributed by atoms with E-state index in [1.54, 1.807) is 32.0 Å². The summed E-state index contributed by atoms with van der Waals surface area (Å²) in [5, 5.41) is 13.4. The highest BCUT2D eigenvalue weighted by Crippen LogP contribution is 2.35. The third-order valence-corrected chi connectivity index (χ3v) is 7.06. The second kappa shape index (κ2) is 11.3. The predicted octanol–water partition coefficient (Wildman–Crippen LogP) is 4.77. The van der Waals surface area contributed by atoms with Gasteiger partial charge >= 0.3 is 6.18 Å². The Kier molecular flexibility index (Phi) is 9.28. The van der Waals surface area contributed by atoms with E-state index in [-0.39, 0.29) is 29.3 Å². The number of hydrogen-bond acceptors (Lipinski definition) is 5. The molecule has 0 aliphatic heterocycles. The zero-order valence-electron chi connectivity index (χ0n) is 18.8. The molecule has 1 amide bonds. The van der Waals surface area contributed by atoms with Gasteiger partial charge in [0.25, 0.3) is 0 Å². The van der Waals surface area contributed by atoms with E-state index in [0.29, 0.717) is 15.6 Å². The molecule has 0 unspecified atom stereocenters. The highest BCUT2D eigenvalue weighted by Gasteiger charge is 2.42. The number of hydrogen-bond donors (Lipinski definition) is 2. The normalized spacial score (nSPS) is 13.9. The highest BCUT2D eigenvalue weighted by molar-refractivity contribution is 9.10. The molecule has 2 N–H and O–H groups in total. The number of carbonyl (C=O) groups is 1. The van der Waals surface area contributed by atoms with Crippen molar-refractivity contribution >= 4 is 31.7 Å². The number of halogens is 4. The van der Waals surface area contributed by atoms with Gasteiger partial charge in [0.2, 0.25) is 5.91 Å². The quantitative estimate of drug-likeness (QED) is 0.431. The molecule has 0 saturated heterocycles. The van der Waals surface area contributed by atoms with Gasteiger partial charge in [-0.1, -0.05) is 44.2 Å². The van der Waals surface area contributed by atoms with Gasteiger partial charge in [0, 0.05) is 10.7 Å². The Hall–Kier alpha value is -2.42. The van der Waals surface area contributed by atoms with Crippen LogP contribution in [0.4, 0.5) is 13.2 Å². The number of amides is 1. The molecular weight excluding hydrogens is 535 g/mol. The Bertz CT molecular complexity index is 1160. The van der Waals surface area contributed by atoms with Crippen LogP contribution in [0.2, 0.25) is 0 Å². The minimum atomic E-state index is -4.69. The van der Waals surface area contributed by atoms with E-state index in [4.69, 9.17) is 5.26 Å². The van der Waals surface area contributed by atoms with E-state index in [2.05, 4.69) is 26.6 Å². The number of rotatable bonds is 9. The Morgan fingerprint density at radius 2 is 1.71 bits per heavy atom. The molecule has 0 heterocycles. The van der Waals surface area contributed by atoms with Gasteiger partial charge in [-0.15, -0.1) is 0 Å². The summed E-state index contributed by atoms with van der Waals surface area (Å²) in [6.07, 6.45) is -3.47. The summed E-state index contributed by atoms with van der Waals surface area (Å²) < 4.78 is 66.2. The summed E-state index contributed by atoms with van der Waals surface area (Å²) in [6.45, 7) is 3.27. The van der Waals surface area contributed by atoms with Crippen molar-refractivity contribution < 1.29 is 26.4 Å². The van der Waals surface area contributed by atoms with Crippen molar-refractivity contribution in [3.8, 4) is 17.2 Å². The minimum Gasteiger partial charge on any atom is -0.342 e. The Balaban J connectivity index is 2.38. The highest BCUT2D eigenvalue weighted by atomic mass is 79.9. The van der Waals surface area contributed by atoms with Gasteiger partial charge in [-0.3, -0.25) is 10.1 Å². The Morgan fingerprint density at radius 3 is 2.21 bits per heavy atom. The smallest absolute Gasteiger partial charge is 0.342 e. The van der Waals surface area contributed by atoms with Crippen LogP contribution in [0.1, 0.15) is 31.9 Å². The van der Waals surface area contributed by atoms with Crippen molar-refractivity contribution in [3.63, 3.8) is 0 Å². The molecule has 2 rings (SSSR count). The van der Waals surface area contributed by atoms with E-state index in [0.717, 1.165) is 6.26 Å². The lowest BCUT2D eigenvalue weighted by atomic mass is 9.97. The van der Waals surface area contributed by atoms with Crippen molar-refractivity contribution in [1.29, 1.82) is 5.26 Å². The van der Waals surface area contributed by atoms with Gasteiger partial charge in [-0.05, 0) is 57.1 Å². The van der Waals surface area contributed by atoms with Crippen LogP contribution in [0.15, 0.2) is 51.8 Å². The topological polar surface area (TPSA) is 99.1 Å². The van der Waals surface area contributed by atoms with E-state index in [1.807, 2.05) is 0 Å². The molecular formula is C23H25BrF3N3O3S. The van der Waals surface area contributed by atoms with Gasteiger partial charge in [0.1, 0.15) is 12.6 Å². The molecule has 0 radical (unpaired) electrons. The second-order valence-corrected chi connectivity index (χ2v) is 11.1. The van der Waals surface area contributed by atoms with Crippen molar-refractivity contribution in [3.05, 3.63) is 52.5 Å². The maximum atomic E-state index is 14.0. The molecule has 2 aromatic carbocycles. The lowest BCUT2D eigenvalue weighted by molar-refractivity contribution is -0.161. The van der Waals surface area contributed by atoms with E-state index < -0.39 is 34.0 Å². The fourth-order valence-corrected chi connectivity index (χ4v) is 5.28. The number of carbonyl (C=O) groups excluding carboxylic acids is 1. The van der Waals surface area contributed by atoms with E-state index in [1.165, 1.54) is 30.3 Å². The van der Waals surface area contributed by atoms with Gasteiger partial charge in [-0.25, -0.2) is 8.42 Å². The number of nitrogens with one attached hydrogen (secondary N) is 2. The van der Waals surface area contributed by atoms with Crippen LogP contribution in [0.25, 0.3) is 11.1 Å². The first-order valence-corrected chi connectivity index (χ1v) is 13.0. The molecule has 34 heavy (non-hydrogen) atoms. The van der Waals surface area contributed by atoms with Crippen molar-refractivity contribution in [2.24, 2.45) is 5.92 Å². The number of sulfone groups is 1. The standard InChI is InChI=1S/C23H25BrF3N3O3S/c1-14(2)12-19(22(31)29-11-10-28)30-21(23(25,26)27)16-6-4-15(5-7-16)17-8-9-18(24)20(13-17)34(3,32)33/h4-9,13-14,19,21,30H,11-12H2,1-3H3,(H,29,31)/t19-,21-/m0/s1. The van der Waals surface area contributed by atoms with E-state index in [9.17, 15) is 26.4 Å². The molecule has 0 bridgehead atoms. The summed E-state index contributed by atoms with van der Waals surface area (Å²) in [4.78, 5) is 12.4. The number of nitriles is 1. The Morgan fingerprint density at radius 1 is 1.12 bits per heavy atom. The average Bonchev–Trinajstić information content (AvgIpc) is 2.73. The minimum absolute atomic E-state index is 0.0666. The van der Waals surface area contributed by atoms with Crippen LogP contribution in [-0.2, 0) is 14.6 Å². The molecule has 2 aromatic rings. The monoisotopic (exact) mass is 559 g/mol. The van der Waals surface area contributed by atoms with Crippen LogP contribution < -0.4 is 10.6 Å². The fraction of sp³-hybridized carbons (Fsp3) is 0.391. The zero-order valence-corrected chi connectivity index (χ0v) is 21.2. The number of benzene rings is 2. The number of alkyl halides is 3. The van der Waals surface area contributed by atoms with Gasteiger partial charge in [0.15, 0.2) is 9.84 Å². The molecule has 0 fully saturated rings. The summed E-state index contributed by atoms with van der Waals surface area (Å²) in [5.41, 5.74) is 0.964. The zero-order chi connectivity index (χ0) is 25.7. The van der Waals surface area contributed by atoms with E-state index >= 15 is 0 Å². The molecule has 0 aromatic heterocycles. The van der Waals surface area contributed by atoms with Crippen LogP contribution in [0.3, 0.4) is 0 Å². The largest absolute Gasteiger partial charge is 0.407 e. The lowest BCUT2D eigenvalue weighted by Crippen LogP contribution is -2.49. The summed E-state index contributed by atoms with van der Waals surface area (Å²) in [5.74, 6) is -0.743. The molecule has 0 spiro atoms.